The Morgan fingerprint density at radius 1 is 0.890 bits per heavy atom. The smallest absolute Gasteiger partial charge is 0.253 e. The molecule has 1 fully saturated rings. The first-order valence-corrected chi connectivity index (χ1v) is 29.7. The number of fused-ring (bicyclic) bond motifs is 5. The van der Waals surface area contributed by atoms with Crippen LogP contribution in [0.2, 0.25) is 0 Å². The Kier molecular flexibility index (Phi) is 23.0. The van der Waals surface area contributed by atoms with Crippen molar-refractivity contribution < 1.29 is 81.8 Å². The molecule has 2 bridgehead atoms. The van der Waals surface area contributed by atoms with Gasteiger partial charge in [-0.2, -0.15) is 11.8 Å². The van der Waals surface area contributed by atoms with Gasteiger partial charge in [-0.1, -0.05) is 27.2 Å². The third kappa shape index (κ3) is 16.2. The van der Waals surface area contributed by atoms with E-state index in [1.165, 1.54) is 37.9 Å². The first kappa shape index (κ1) is 64.3. The van der Waals surface area contributed by atoms with Gasteiger partial charge in [0.05, 0.1) is 73.5 Å². The molecule has 11 N–H and O–H groups in total. The van der Waals surface area contributed by atoms with Gasteiger partial charge in [0.25, 0.3) is 11.8 Å². The molecule has 11 atom stereocenters. The lowest BCUT2D eigenvalue weighted by atomic mass is 9.85. The van der Waals surface area contributed by atoms with Gasteiger partial charge in [-0.15, -0.1) is 0 Å². The van der Waals surface area contributed by atoms with Crippen LogP contribution in [-0.2, 0) is 80.5 Å². The lowest BCUT2D eigenvalue weighted by molar-refractivity contribution is -0.144. The predicted molar refractivity (Wildman–Crippen MR) is 295 cm³/mol. The molecule has 6 rings (SSSR count). The molecule has 0 radical (unpaired) electrons. The summed E-state index contributed by atoms with van der Waals surface area (Å²) in [6.07, 6.45) is -1.97. The number of nitrogens with zero attached hydrogens (tertiary/aromatic N) is 2. The Hall–Kier alpha value is -6.88. The Bertz CT molecular complexity index is 2860. The quantitative estimate of drug-likeness (QED) is 0.0562. The highest BCUT2D eigenvalue weighted by Gasteiger charge is 2.45. The molecule has 9 amide bonds. The van der Waals surface area contributed by atoms with Crippen molar-refractivity contribution in [3.8, 4) is 5.75 Å². The Morgan fingerprint density at radius 2 is 1.59 bits per heavy atom. The number of imide groups is 1. The summed E-state index contributed by atoms with van der Waals surface area (Å²) in [6.45, 7) is 2.17. The lowest BCUT2D eigenvalue weighted by Crippen LogP contribution is -2.60. The summed E-state index contributed by atoms with van der Waals surface area (Å²) >= 11 is 1.42. The average Bonchev–Trinajstić information content (AvgIpc) is 4.33. The normalized spacial score (nSPS) is 25.8. The van der Waals surface area contributed by atoms with Crippen LogP contribution in [0, 0.1) is 23.7 Å². The Labute approximate surface area is 479 Å². The van der Waals surface area contributed by atoms with Crippen LogP contribution < -0.4 is 37.1 Å². The molecule has 26 nitrogen and oxygen atoms in total. The molecule has 4 aliphatic heterocycles. The number of rotatable bonds is 18. The van der Waals surface area contributed by atoms with E-state index in [1.54, 1.807) is 26.0 Å². The van der Waals surface area contributed by atoms with Crippen LogP contribution in [0.4, 0.5) is 0 Å². The number of methoxy groups -OCH3 is 1. The van der Waals surface area contributed by atoms with E-state index < -0.39 is 200 Å². The van der Waals surface area contributed by atoms with Crippen LogP contribution in [0.1, 0.15) is 89.7 Å². The molecule has 2 unspecified atom stereocenters. The molecule has 5 heterocycles. The number of ether oxygens (including phenoxy) is 1. The summed E-state index contributed by atoms with van der Waals surface area (Å²) in [5, 5.41) is 44.7. The van der Waals surface area contributed by atoms with Gasteiger partial charge in [-0.05, 0) is 48.6 Å². The third-order valence-electron chi connectivity index (χ3n) is 15.4. The summed E-state index contributed by atoms with van der Waals surface area (Å²) in [4.78, 5) is 169. The van der Waals surface area contributed by atoms with Crippen molar-refractivity contribution >= 4 is 104 Å². The van der Waals surface area contributed by atoms with Crippen molar-refractivity contribution in [3.05, 3.63) is 35.4 Å². The highest BCUT2D eigenvalue weighted by molar-refractivity contribution is 7.98. The van der Waals surface area contributed by atoms with Crippen LogP contribution in [0.25, 0.3) is 10.9 Å². The van der Waals surface area contributed by atoms with E-state index in [4.69, 9.17) is 10.5 Å². The number of aliphatic hydroxyl groups is 3. The van der Waals surface area contributed by atoms with Crippen molar-refractivity contribution in [1.29, 1.82) is 0 Å². The number of hydrogen-bond donors (Lipinski definition) is 10. The summed E-state index contributed by atoms with van der Waals surface area (Å²) in [6, 6.07) is -3.74. The van der Waals surface area contributed by atoms with Crippen LogP contribution in [0.5, 0.6) is 5.75 Å². The second-order valence-corrected chi connectivity index (χ2v) is 23.7. The Balaban J connectivity index is 1.47. The van der Waals surface area contributed by atoms with E-state index in [1.807, 2.05) is 0 Å². The number of H-pyrrole nitrogens is 1. The van der Waals surface area contributed by atoms with Gasteiger partial charge in [0, 0.05) is 91.8 Å². The molecule has 448 valence electrons. The van der Waals surface area contributed by atoms with Crippen LogP contribution in [0.3, 0.4) is 0 Å². The van der Waals surface area contributed by atoms with Gasteiger partial charge in [-0.3, -0.25) is 66.6 Å². The number of benzene rings is 1. The molecule has 82 heavy (non-hydrogen) atoms. The fraction of sp³-hybridized carbons (Fsp3) is 0.593. The maximum absolute atomic E-state index is 15.3. The van der Waals surface area contributed by atoms with Crippen LogP contribution in [-0.4, -0.2) is 193 Å². The number of aromatic amines is 1. The Morgan fingerprint density at radius 3 is 2.26 bits per heavy atom. The van der Waals surface area contributed by atoms with Crippen molar-refractivity contribution in [2.24, 2.45) is 29.4 Å². The van der Waals surface area contributed by atoms with Gasteiger partial charge in [0.2, 0.25) is 41.4 Å². The van der Waals surface area contributed by atoms with Gasteiger partial charge >= 0.3 is 0 Å². The van der Waals surface area contributed by atoms with Crippen molar-refractivity contribution in [2.75, 3.05) is 51.4 Å². The maximum atomic E-state index is 15.3. The van der Waals surface area contributed by atoms with Crippen molar-refractivity contribution in [1.82, 2.24) is 41.4 Å². The number of carbonyl (C=O) groups excluding carboxylic acids is 12. The minimum absolute atomic E-state index is 0.0681. The highest BCUT2D eigenvalue weighted by Crippen LogP contribution is 2.37. The van der Waals surface area contributed by atoms with Crippen LogP contribution in [0.15, 0.2) is 29.3 Å². The number of nitrogens with one attached hydrogen (secondary N) is 6. The predicted octanol–water partition coefficient (Wildman–Crippen LogP) is -2.15. The number of aromatic nitrogens is 1. The molecule has 0 aliphatic carbocycles. The number of amides is 9. The minimum Gasteiger partial charge on any atom is -0.496 e. The van der Waals surface area contributed by atoms with E-state index in [0.29, 0.717) is 47.2 Å². The van der Waals surface area contributed by atoms with E-state index in [-0.39, 0.29) is 41.5 Å². The second kappa shape index (κ2) is 29.4. The highest BCUT2D eigenvalue weighted by atomic mass is 32.2. The number of ketones is 3. The summed E-state index contributed by atoms with van der Waals surface area (Å²) in [5.74, 6) is -13.3. The summed E-state index contributed by atoms with van der Waals surface area (Å²) in [5.41, 5.74) is 6.61. The van der Waals surface area contributed by atoms with Crippen LogP contribution >= 0.6 is 11.8 Å². The number of thioether (sulfide) groups is 1. The monoisotopic (exact) mass is 1180 g/mol. The van der Waals surface area contributed by atoms with E-state index >= 15 is 4.21 Å². The van der Waals surface area contributed by atoms with Crippen molar-refractivity contribution in [3.63, 3.8) is 0 Å². The molecule has 0 spiro atoms. The molecule has 4 aliphatic rings. The molecule has 0 saturated carbocycles. The fourth-order valence-corrected chi connectivity index (χ4v) is 12.8. The number of primary amides is 1. The largest absolute Gasteiger partial charge is 0.496 e. The molecular formula is C54H73N9O17S2. The zero-order valence-electron chi connectivity index (χ0n) is 46.2. The number of nitrogens with two attached hydrogens (primary N) is 1. The first-order valence-electron chi connectivity index (χ1n) is 27.2. The zero-order valence-corrected chi connectivity index (χ0v) is 47.8. The average molecular weight is 1180 g/mol. The minimum atomic E-state index is -2.42. The number of hydrogen-bond acceptors (Lipinski definition) is 18. The van der Waals surface area contributed by atoms with Gasteiger partial charge in [0.1, 0.15) is 34.7 Å². The number of Topliss-reactive ketones (excluding diaryl/α,β-unsaturated/α-hetero) is 3. The molecule has 28 heteroatoms. The summed E-state index contributed by atoms with van der Waals surface area (Å²) in [7, 11) is -1.00. The van der Waals surface area contributed by atoms with Gasteiger partial charge in [0.15, 0.2) is 11.6 Å². The molecule has 1 saturated heterocycles. The SMILES string of the molecule is CC[C@H](C)[C@@H]1CC(=O)CNC(=O)[C@H]2CC(=O)[C@H](C(C)[C@@H](O)CO)NC(=O)[C@@H]3C[C@@H](O)CN3C(=O)[C@H](CC(N)=O)NC(=O)[C@H](CS(=O)c3[nH]c4c(CSCCCC(=O)CCCN5C(=O)C=CC5=O)c(OC)ccc4c3C2)NC(=O)CNC1=O. The standard InChI is InChI=1S/C54H73N9O17S2/c1-5-27(2)34-18-31(66)21-56-49(74)29-16-35-33-10-11-42(80-4)36(25-81-15-7-9-30(65)8-6-14-62-45(72)12-13-46(62)73)48(33)61-53(35)82(79)26-38(58-44(71)22-57-50(34)75)51(76)59-37(20-43(55)70)54(78)63-23-32(67)19-39(63)52(77)60-47(40(68)17-29)28(3)41(69)24-64/h10-13,27-29,32,34,37-39,41,47,61,64,67,69H,5-9,14-26H2,1-4H3,(H2,55,70)(H,56,74)(H,57,75)(H,58,71)(H,59,76)(H,60,77)/t27-,28?,29+,32+,34-,37-,38-,39-,41-,47-,82?/m0/s1. The summed E-state index contributed by atoms with van der Waals surface area (Å²) < 4.78 is 21.1. The van der Waals surface area contributed by atoms with Gasteiger partial charge in [-0.25, -0.2) is 0 Å². The first-order chi connectivity index (χ1) is 39.0. The van der Waals surface area contributed by atoms with E-state index in [9.17, 15) is 72.9 Å². The molecule has 1 aromatic carbocycles. The topological polar surface area (TPSA) is 400 Å². The fourth-order valence-electron chi connectivity index (χ4n) is 10.5. The second-order valence-electron chi connectivity index (χ2n) is 21.2. The van der Waals surface area contributed by atoms with Gasteiger partial charge < -0.3 is 62.3 Å². The number of carbonyl (C=O) groups is 12. The number of aliphatic hydroxyl groups excluding tert-OH is 3. The molecular weight excluding hydrogens is 1110 g/mol. The zero-order chi connectivity index (χ0) is 60.1. The third-order valence-corrected chi connectivity index (χ3v) is 17.9. The molecule has 2 aromatic rings. The molecule has 1 aromatic heterocycles. The van der Waals surface area contributed by atoms with E-state index in [0.717, 1.165) is 9.80 Å². The van der Waals surface area contributed by atoms with Crippen molar-refractivity contribution in [2.45, 2.75) is 132 Å². The van der Waals surface area contributed by atoms with E-state index in [2.05, 4.69) is 31.6 Å². The lowest BCUT2D eigenvalue weighted by Gasteiger charge is -2.32. The maximum Gasteiger partial charge on any atom is 0.253 e.